The molecule has 26 heavy (non-hydrogen) atoms. The highest BCUT2D eigenvalue weighted by Gasteiger charge is 2.21. The average Bonchev–Trinajstić information content (AvgIpc) is 3.18. The molecule has 1 aliphatic heterocycles. The minimum atomic E-state index is -0.265. The van der Waals surface area contributed by atoms with Gasteiger partial charge in [-0.1, -0.05) is 15.9 Å². The summed E-state index contributed by atoms with van der Waals surface area (Å²) < 4.78 is 8.53. The molecular formula is C18H20BrN5O2. The van der Waals surface area contributed by atoms with Gasteiger partial charge >= 0.3 is 0 Å². The largest absolute Gasteiger partial charge is 0.493 e. The second-order valence-corrected chi connectivity index (χ2v) is 8.30. The third kappa shape index (κ3) is 2.98. The molecule has 0 bridgehead atoms. The van der Waals surface area contributed by atoms with Crippen molar-refractivity contribution in [1.29, 1.82) is 0 Å². The molecule has 1 aliphatic rings. The van der Waals surface area contributed by atoms with Crippen LogP contribution < -0.4 is 15.6 Å². The second kappa shape index (κ2) is 6.12. The molecule has 0 aliphatic carbocycles. The highest BCUT2D eigenvalue weighted by atomic mass is 79.9. The highest BCUT2D eigenvalue weighted by Crippen LogP contribution is 2.33. The lowest BCUT2D eigenvalue weighted by Gasteiger charge is -2.19. The molecule has 0 fully saturated rings. The van der Waals surface area contributed by atoms with E-state index in [-0.39, 0.29) is 11.1 Å². The summed E-state index contributed by atoms with van der Waals surface area (Å²) in [5, 5.41) is 8.02. The standard InChI is InChI=1S/C18H20BrN5O2/c1-18(2,3)24-15-13(9-21-24)16(25)23-17(22-15)20-8-11-7-12(19)6-10-4-5-26-14(10)11/h6-7,9H,4-5,8H2,1-3H3,(H2,20,22,23,25). The van der Waals surface area contributed by atoms with Gasteiger partial charge in [-0.2, -0.15) is 10.1 Å². The van der Waals surface area contributed by atoms with Gasteiger partial charge in [0.25, 0.3) is 5.56 Å². The lowest BCUT2D eigenvalue weighted by atomic mass is 10.1. The van der Waals surface area contributed by atoms with E-state index >= 15 is 0 Å². The Morgan fingerprint density at radius 2 is 2.19 bits per heavy atom. The SMILES string of the molecule is CC(C)(C)n1ncc2c(=O)[nH]c(NCc3cc(Br)cc4c3OCC4)nc21. The monoisotopic (exact) mass is 417 g/mol. The molecule has 8 heteroatoms. The van der Waals surface area contributed by atoms with E-state index < -0.39 is 0 Å². The first kappa shape index (κ1) is 17.1. The maximum absolute atomic E-state index is 12.4. The molecule has 4 rings (SSSR count). The summed E-state index contributed by atoms with van der Waals surface area (Å²) >= 11 is 3.54. The van der Waals surface area contributed by atoms with Crippen LogP contribution in [0.15, 0.2) is 27.6 Å². The molecule has 3 heterocycles. The molecule has 0 amide bonds. The van der Waals surface area contributed by atoms with Gasteiger partial charge in [-0.05, 0) is 38.5 Å². The molecule has 2 aromatic heterocycles. The lowest BCUT2D eigenvalue weighted by Crippen LogP contribution is -2.24. The van der Waals surface area contributed by atoms with Gasteiger partial charge in [0.1, 0.15) is 11.1 Å². The van der Waals surface area contributed by atoms with Crippen molar-refractivity contribution in [3.8, 4) is 5.75 Å². The predicted octanol–water partition coefficient (Wildman–Crippen LogP) is 3.18. The van der Waals surface area contributed by atoms with Crippen LogP contribution in [-0.4, -0.2) is 26.4 Å². The van der Waals surface area contributed by atoms with Crippen LogP contribution in [-0.2, 0) is 18.5 Å². The van der Waals surface area contributed by atoms with Gasteiger partial charge < -0.3 is 10.1 Å². The zero-order valence-corrected chi connectivity index (χ0v) is 16.5. The van der Waals surface area contributed by atoms with Crippen LogP contribution in [0.5, 0.6) is 5.75 Å². The van der Waals surface area contributed by atoms with E-state index in [9.17, 15) is 4.79 Å². The number of benzene rings is 1. The van der Waals surface area contributed by atoms with Gasteiger partial charge in [0.2, 0.25) is 5.95 Å². The van der Waals surface area contributed by atoms with Crippen LogP contribution in [0.25, 0.3) is 11.0 Å². The first-order valence-corrected chi connectivity index (χ1v) is 9.29. The third-order valence-corrected chi connectivity index (χ3v) is 4.80. The van der Waals surface area contributed by atoms with E-state index in [4.69, 9.17) is 4.74 Å². The van der Waals surface area contributed by atoms with Crippen LogP contribution in [0.1, 0.15) is 31.9 Å². The van der Waals surface area contributed by atoms with Crippen molar-refractivity contribution < 1.29 is 4.74 Å². The van der Waals surface area contributed by atoms with Gasteiger partial charge in [0, 0.05) is 23.0 Å². The maximum atomic E-state index is 12.4. The van der Waals surface area contributed by atoms with Gasteiger partial charge in [-0.25, -0.2) is 4.68 Å². The lowest BCUT2D eigenvalue weighted by molar-refractivity contribution is 0.354. The third-order valence-electron chi connectivity index (χ3n) is 4.35. The topological polar surface area (TPSA) is 84.8 Å². The van der Waals surface area contributed by atoms with Crippen LogP contribution in [0.4, 0.5) is 5.95 Å². The number of halogens is 1. The van der Waals surface area contributed by atoms with E-state index in [0.717, 1.165) is 22.2 Å². The smallest absolute Gasteiger partial charge is 0.263 e. The first-order chi connectivity index (χ1) is 12.3. The second-order valence-electron chi connectivity index (χ2n) is 7.38. The Bertz CT molecular complexity index is 1050. The first-order valence-electron chi connectivity index (χ1n) is 8.49. The van der Waals surface area contributed by atoms with Crippen molar-refractivity contribution in [3.05, 3.63) is 44.3 Å². The van der Waals surface area contributed by atoms with Crippen LogP contribution in [0.3, 0.4) is 0 Å². The highest BCUT2D eigenvalue weighted by molar-refractivity contribution is 9.10. The Kier molecular flexibility index (Phi) is 4.02. The zero-order chi connectivity index (χ0) is 18.5. The molecule has 136 valence electrons. The number of anilines is 1. The van der Waals surface area contributed by atoms with Crippen molar-refractivity contribution in [3.63, 3.8) is 0 Å². The Morgan fingerprint density at radius 3 is 2.96 bits per heavy atom. The number of hydrogen-bond acceptors (Lipinski definition) is 5. The predicted molar refractivity (Wildman–Crippen MR) is 104 cm³/mol. The zero-order valence-electron chi connectivity index (χ0n) is 14.9. The molecule has 0 saturated heterocycles. The quantitative estimate of drug-likeness (QED) is 0.683. The summed E-state index contributed by atoms with van der Waals surface area (Å²) in [5.74, 6) is 1.34. The van der Waals surface area contributed by atoms with Crippen molar-refractivity contribution >= 4 is 32.9 Å². The number of H-pyrrole nitrogens is 1. The van der Waals surface area contributed by atoms with Crippen LogP contribution >= 0.6 is 15.9 Å². The number of aromatic amines is 1. The molecule has 0 atom stereocenters. The molecule has 3 aromatic rings. The number of hydrogen-bond donors (Lipinski definition) is 2. The molecule has 0 saturated carbocycles. The van der Waals surface area contributed by atoms with E-state index in [0.29, 0.717) is 30.1 Å². The summed E-state index contributed by atoms with van der Waals surface area (Å²) in [7, 11) is 0. The van der Waals surface area contributed by atoms with Crippen molar-refractivity contribution in [1.82, 2.24) is 19.7 Å². The molecule has 2 N–H and O–H groups in total. The maximum Gasteiger partial charge on any atom is 0.263 e. The van der Waals surface area contributed by atoms with Gasteiger partial charge in [0.05, 0.1) is 18.3 Å². The van der Waals surface area contributed by atoms with E-state index in [1.165, 1.54) is 5.56 Å². The van der Waals surface area contributed by atoms with Gasteiger partial charge in [-0.15, -0.1) is 0 Å². The number of nitrogens with one attached hydrogen (secondary N) is 2. The summed E-state index contributed by atoms with van der Waals surface area (Å²) in [4.78, 5) is 19.7. The van der Waals surface area contributed by atoms with E-state index in [1.54, 1.807) is 10.9 Å². The fourth-order valence-corrected chi connectivity index (χ4v) is 3.70. The van der Waals surface area contributed by atoms with E-state index in [1.807, 2.05) is 26.8 Å². The molecule has 0 radical (unpaired) electrons. The molecular weight excluding hydrogens is 398 g/mol. The van der Waals surface area contributed by atoms with Crippen molar-refractivity contribution in [2.24, 2.45) is 0 Å². The Balaban J connectivity index is 1.68. The number of ether oxygens (including phenoxy) is 1. The molecule has 0 spiro atoms. The van der Waals surface area contributed by atoms with Crippen molar-refractivity contribution in [2.45, 2.75) is 39.3 Å². The van der Waals surface area contributed by atoms with Gasteiger partial charge in [0.15, 0.2) is 5.65 Å². The van der Waals surface area contributed by atoms with Gasteiger partial charge in [-0.3, -0.25) is 9.78 Å². The average molecular weight is 418 g/mol. The summed E-state index contributed by atoms with van der Waals surface area (Å²) in [5.41, 5.74) is 2.32. The fourth-order valence-electron chi connectivity index (χ4n) is 3.15. The number of rotatable bonds is 3. The van der Waals surface area contributed by atoms with Crippen LogP contribution in [0.2, 0.25) is 0 Å². The minimum absolute atomic E-state index is 0.205. The van der Waals surface area contributed by atoms with E-state index in [2.05, 4.69) is 42.4 Å². The minimum Gasteiger partial charge on any atom is -0.493 e. The molecule has 0 unspecified atom stereocenters. The Labute approximate surface area is 158 Å². The summed E-state index contributed by atoms with van der Waals surface area (Å²) in [6.45, 7) is 7.27. The number of nitrogens with zero attached hydrogens (tertiary/aromatic N) is 3. The fraction of sp³-hybridized carbons (Fsp3) is 0.389. The Hall–Kier alpha value is -2.35. The summed E-state index contributed by atoms with van der Waals surface area (Å²) in [6, 6.07) is 4.10. The molecule has 7 nitrogen and oxygen atoms in total. The summed E-state index contributed by atoms with van der Waals surface area (Å²) in [6.07, 6.45) is 2.47. The number of fused-ring (bicyclic) bond motifs is 2. The molecule has 1 aromatic carbocycles. The van der Waals surface area contributed by atoms with Crippen LogP contribution in [0, 0.1) is 0 Å². The normalized spacial score (nSPS) is 13.7. The Morgan fingerprint density at radius 1 is 1.38 bits per heavy atom. The van der Waals surface area contributed by atoms with Crippen molar-refractivity contribution in [2.75, 3.05) is 11.9 Å². The number of aromatic nitrogens is 4.